The van der Waals surface area contributed by atoms with Crippen LogP contribution in [0.15, 0.2) is 68.4 Å². The van der Waals surface area contributed by atoms with Gasteiger partial charge in [0.1, 0.15) is 5.54 Å². The van der Waals surface area contributed by atoms with E-state index in [9.17, 15) is 14.4 Å². The highest BCUT2D eigenvalue weighted by Crippen LogP contribution is 2.35. The number of halogens is 1. The van der Waals surface area contributed by atoms with E-state index in [1.54, 1.807) is 57.1 Å². The molecule has 2 aromatic carbocycles. The number of hydrogen-bond donors (Lipinski definition) is 2. The Hall–Kier alpha value is -4.05. The van der Waals surface area contributed by atoms with Crippen LogP contribution in [-0.4, -0.2) is 45.8 Å². The number of aryl methyl sites for hydroxylation is 1. The van der Waals surface area contributed by atoms with Gasteiger partial charge in [-0.1, -0.05) is 24.3 Å². The van der Waals surface area contributed by atoms with Crippen molar-refractivity contribution in [3.05, 3.63) is 86.4 Å². The van der Waals surface area contributed by atoms with Crippen LogP contribution in [0.1, 0.15) is 35.5 Å². The number of anilines is 1. The number of pyridine rings is 1. The quantitative estimate of drug-likeness (QED) is 0.319. The van der Waals surface area contributed by atoms with Gasteiger partial charge in [0.2, 0.25) is 11.8 Å². The summed E-state index contributed by atoms with van der Waals surface area (Å²) in [5.74, 6) is -0.753. The third-order valence-electron chi connectivity index (χ3n) is 6.34. The minimum atomic E-state index is -1.09. The summed E-state index contributed by atoms with van der Waals surface area (Å²) in [6.07, 6.45) is 2.33. The third-order valence-corrected chi connectivity index (χ3v) is 7.20. The predicted molar refractivity (Wildman–Crippen MR) is 150 cm³/mol. The number of rotatable bonds is 8. The fourth-order valence-electron chi connectivity index (χ4n) is 4.32. The standard InChI is InChI=1S/C28H28BrN5O4/c1-16-18(19-9-7-10-20(23(19)29)24(30)35)11-12-21-22(16)25(36)38-27(32-21)33-28(2,3)26(37)34(4)15-13-17-8-5-6-14-31-17/h5-12,14H,13,15H2,1-4H3,(H2,30,35)(H,32,33). The number of fused-ring (bicyclic) bond motifs is 1. The molecule has 0 spiro atoms. The molecule has 0 radical (unpaired) electrons. The lowest BCUT2D eigenvalue weighted by atomic mass is 9.96. The van der Waals surface area contributed by atoms with Crippen LogP contribution in [0.5, 0.6) is 0 Å². The Labute approximate surface area is 228 Å². The fraction of sp³-hybridized carbons (Fsp3) is 0.250. The maximum Gasteiger partial charge on any atom is 0.348 e. The van der Waals surface area contributed by atoms with E-state index < -0.39 is 17.1 Å². The van der Waals surface area contributed by atoms with Crippen LogP contribution in [0.3, 0.4) is 0 Å². The van der Waals surface area contributed by atoms with E-state index in [4.69, 9.17) is 10.2 Å². The summed E-state index contributed by atoms with van der Waals surface area (Å²) < 4.78 is 6.04. The zero-order valence-corrected chi connectivity index (χ0v) is 23.1. The van der Waals surface area contributed by atoms with Crippen molar-refractivity contribution in [3.8, 4) is 11.1 Å². The zero-order chi connectivity index (χ0) is 27.6. The number of benzene rings is 2. The van der Waals surface area contributed by atoms with Gasteiger partial charge in [0.05, 0.1) is 16.5 Å². The lowest BCUT2D eigenvalue weighted by Gasteiger charge is -2.30. The molecule has 4 aromatic rings. The smallest absolute Gasteiger partial charge is 0.348 e. The Morgan fingerprint density at radius 2 is 1.87 bits per heavy atom. The number of nitrogens with zero attached hydrogens (tertiary/aromatic N) is 3. The molecule has 0 saturated heterocycles. The van der Waals surface area contributed by atoms with E-state index in [2.05, 4.69) is 31.2 Å². The largest absolute Gasteiger partial charge is 0.389 e. The first-order valence-corrected chi connectivity index (χ1v) is 12.8. The zero-order valence-electron chi connectivity index (χ0n) is 21.5. The van der Waals surface area contributed by atoms with Crippen LogP contribution in [0, 0.1) is 6.92 Å². The van der Waals surface area contributed by atoms with Gasteiger partial charge in [0, 0.05) is 36.4 Å². The summed E-state index contributed by atoms with van der Waals surface area (Å²) in [6, 6.07) is 14.3. The van der Waals surface area contributed by atoms with Gasteiger partial charge < -0.3 is 20.4 Å². The molecule has 2 amide bonds. The first-order valence-electron chi connectivity index (χ1n) is 12.0. The van der Waals surface area contributed by atoms with Crippen molar-refractivity contribution < 1.29 is 14.0 Å². The molecule has 0 fully saturated rings. The highest BCUT2D eigenvalue weighted by Gasteiger charge is 2.32. The van der Waals surface area contributed by atoms with Gasteiger partial charge in [-0.05, 0) is 77.7 Å². The number of nitrogens with one attached hydrogen (secondary N) is 1. The molecule has 10 heteroatoms. The summed E-state index contributed by atoms with van der Waals surface area (Å²) in [5, 5.41) is 3.29. The van der Waals surface area contributed by atoms with Crippen molar-refractivity contribution in [3.63, 3.8) is 0 Å². The van der Waals surface area contributed by atoms with Gasteiger partial charge >= 0.3 is 5.63 Å². The molecule has 3 N–H and O–H groups in total. The van der Waals surface area contributed by atoms with E-state index in [0.717, 1.165) is 11.3 Å². The molecule has 4 rings (SSSR count). The number of hydrogen-bond acceptors (Lipinski definition) is 7. The molecule has 0 aliphatic rings. The summed E-state index contributed by atoms with van der Waals surface area (Å²) in [4.78, 5) is 48.4. The predicted octanol–water partition coefficient (Wildman–Crippen LogP) is 4.31. The molecule has 0 unspecified atom stereocenters. The maximum absolute atomic E-state index is 13.2. The molecular weight excluding hydrogens is 550 g/mol. The van der Waals surface area contributed by atoms with E-state index >= 15 is 0 Å². The SMILES string of the molecule is Cc1c(-c2cccc(C(N)=O)c2Br)ccc2nc(NC(C)(C)C(=O)N(C)CCc3ccccn3)oc(=O)c12. The second kappa shape index (κ2) is 10.7. The van der Waals surface area contributed by atoms with Crippen molar-refractivity contribution in [2.24, 2.45) is 5.73 Å². The first-order chi connectivity index (χ1) is 18.0. The lowest BCUT2D eigenvalue weighted by Crippen LogP contribution is -2.49. The third kappa shape index (κ3) is 5.45. The Balaban J connectivity index is 1.60. The molecule has 0 bridgehead atoms. The van der Waals surface area contributed by atoms with Crippen molar-refractivity contribution in [2.45, 2.75) is 32.7 Å². The number of primary amides is 1. The normalized spacial score (nSPS) is 11.4. The van der Waals surface area contributed by atoms with Gasteiger partial charge in [-0.2, -0.15) is 4.98 Å². The summed E-state index contributed by atoms with van der Waals surface area (Å²) >= 11 is 3.46. The lowest BCUT2D eigenvalue weighted by molar-refractivity contribution is -0.133. The van der Waals surface area contributed by atoms with Crippen LogP contribution < -0.4 is 16.7 Å². The second-order valence-electron chi connectivity index (χ2n) is 9.52. The van der Waals surface area contributed by atoms with Gasteiger partial charge in [0.15, 0.2) is 0 Å². The van der Waals surface area contributed by atoms with Crippen molar-refractivity contribution in [2.75, 3.05) is 18.9 Å². The average Bonchev–Trinajstić information content (AvgIpc) is 2.87. The van der Waals surface area contributed by atoms with Crippen LogP contribution in [0.4, 0.5) is 6.01 Å². The number of amides is 2. The van der Waals surface area contributed by atoms with Gasteiger partial charge in [0.25, 0.3) is 6.01 Å². The number of aromatic nitrogens is 2. The fourth-order valence-corrected chi connectivity index (χ4v) is 5.00. The molecule has 38 heavy (non-hydrogen) atoms. The molecular formula is C28H28BrN5O4. The van der Waals surface area contributed by atoms with Crippen LogP contribution in [0.2, 0.25) is 0 Å². The molecule has 0 saturated carbocycles. The van der Waals surface area contributed by atoms with Gasteiger partial charge in [-0.25, -0.2) is 4.79 Å². The van der Waals surface area contributed by atoms with Crippen molar-refractivity contribution >= 4 is 44.7 Å². The Morgan fingerprint density at radius 3 is 2.55 bits per heavy atom. The van der Waals surface area contributed by atoms with Gasteiger partial charge in [-0.15, -0.1) is 0 Å². The molecule has 196 valence electrons. The Morgan fingerprint density at radius 1 is 1.11 bits per heavy atom. The summed E-state index contributed by atoms with van der Waals surface area (Å²) in [5.41, 5.74) is 7.52. The van der Waals surface area contributed by atoms with E-state index in [-0.39, 0.29) is 11.9 Å². The maximum atomic E-state index is 13.2. The monoisotopic (exact) mass is 577 g/mol. The minimum absolute atomic E-state index is 0.0527. The van der Waals surface area contributed by atoms with E-state index in [1.807, 2.05) is 30.3 Å². The molecule has 2 aromatic heterocycles. The molecule has 0 atom stereocenters. The number of nitrogens with two attached hydrogens (primary N) is 1. The topological polar surface area (TPSA) is 131 Å². The molecule has 9 nitrogen and oxygen atoms in total. The molecule has 0 aliphatic carbocycles. The van der Waals surface area contributed by atoms with Crippen molar-refractivity contribution in [1.29, 1.82) is 0 Å². The van der Waals surface area contributed by atoms with Crippen molar-refractivity contribution in [1.82, 2.24) is 14.9 Å². The van der Waals surface area contributed by atoms with E-state index in [1.165, 1.54) is 0 Å². The summed E-state index contributed by atoms with van der Waals surface area (Å²) in [7, 11) is 1.72. The number of carbonyl (C=O) groups is 2. The molecule has 2 heterocycles. The summed E-state index contributed by atoms with van der Waals surface area (Å²) in [6.45, 7) is 5.67. The van der Waals surface area contributed by atoms with Crippen LogP contribution >= 0.6 is 15.9 Å². The average molecular weight is 578 g/mol. The Kier molecular flexibility index (Phi) is 7.63. The second-order valence-corrected chi connectivity index (χ2v) is 10.3. The van der Waals surface area contributed by atoms with Crippen LogP contribution in [-0.2, 0) is 11.2 Å². The van der Waals surface area contributed by atoms with E-state index in [0.29, 0.717) is 45.0 Å². The first kappa shape index (κ1) is 27.0. The minimum Gasteiger partial charge on any atom is -0.389 e. The number of carbonyl (C=O) groups excluding carboxylic acids is 2. The van der Waals surface area contributed by atoms with Crippen LogP contribution in [0.25, 0.3) is 22.0 Å². The van der Waals surface area contributed by atoms with Gasteiger partial charge in [-0.3, -0.25) is 14.6 Å². The highest BCUT2D eigenvalue weighted by molar-refractivity contribution is 9.10. The molecule has 0 aliphatic heterocycles. The Bertz CT molecular complexity index is 1580. The number of likely N-dealkylation sites (N-methyl/N-ethyl adjacent to an activating group) is 1. The highest BCUT2D eigenvalue weighted by atomic mass is 79.9.